The Labute approximate surface area is 144 Å². The molecule has 2 heterocycles. The molecular weight excluding hydrogens is 320 g/mol. The maximum absolute atomic E-state index is 11.9. The van der Waals surface area contributed by atoms with Crippen LogP contribution in [0.2, 0.25) is 0 Å². The second-order valence-electron chi connectivity index (χ2n) is 5.39. The molecule has 0 radical (unpaired) electrons. The van der Waals surface area contributed by atoms with Gasteiger partial charge in [0.05, 0.1) is 16.8 Å². The highest BCUT2D eigenvalue weighted by Gasteiger charge is 2.05. The first-order valence-electron chi connectivity index (χ1n) is 7.47. The van der Waals surface area contributed by atoms with E-state index in [2.05, 4.69) is 39.7 Å². The molecule has 0 unspecified atom stereocenters. The van der Waals surface area contributed by atoms with Crippen molar-refractivity contribution in [2.75, 3.05) is 19.0 Å². The van der Waals surface area contributed by atoms with Crippen LogP contribution in [0.1, 0.15) is 15.4 Å². The number of rotatable bonds is 5. The Bertz CT molecular complexity index is 832. The number of hydrogen-bond donors (Lipinski definition) is 1. The molecule has 3 rings (SSSR count). The van der Waals surface area contributed by atoms with Crippen LogP contribution in [0.5, 0.6) is 0 Å². The van der Waals surface area contributed by atoms with Gasteiger partial charge in [-0.15, -0.1) is 11.3 Å². The molecule has 1 amide bonds. The maximum Gasteiger partial charge on any atom is 0.281 e. The van der Waals surface area contributed by atoms with E-state index in [1.54, 1.807) is 12.3 Å². The summed E-state index contributed by atoms with van der Waals surface area (Å²) in [5, 5.41) is 5.92. The van der Waals surface area contributed by atoms with Crippen molar-refractivity contribution < 1.29 is 4.79 Å². The van der Waals surface area contributed by atoms with E-state index in [-0.39, 0.29) is 5.91 Å². The quantitative estimate of drug-likeness (QED) is 0.573. The minimum atomic E-state index is -0.199. The van der Waals surface area contributed by atoms with Crippen molar-refractivity contribution >= 4 is 29.1 Å². The summed E-state index contributed by atoms with van der Waals surface area (Å²) in [6.45, 7) is 0. The van der Waals surface area contributed by atoms with E-state index in [9.17, 15) is 4.79 Å². The van der Waals surface area contributed by atoms with E-state index in [0.29, 0.717) is 4.88 Å². The number of thiophene rings is 1. The van der Waals surface area contributed by atoms with E-state index in [0.717, 1.165) is 17.1 Å². The van der Waals surface area contributed by atoms with Gasteiger partial charge in [-0.05, 0) is 47.8 Å². The smallest absolute Gasteiger partial charge is 0.281 e. The van der Waals surface area contributed by atoms with Crippen molar-refractivity contribution in [3.8, 4) is 5.69 Å². The lowest BCUT2D eigenvalue weighted by atomic mass is 10.2. The van der Waals surface area contributed by atoms with Gasteiger partial charge in [0.15, 0.2) is 0 Å². The summed E-state index contributed by atoms with van der Waals surface area (Å²) in [5.41, 5.74) is 5.62. The van der Waals surface area contributed by atoms with Crippen molar-refractivity contribution in [2.45, 2.75) is 0 Å². The summed E-state index contributed by atoms with van der Waals surface area (Å²) in [7, 11) is 4.03. The fraction of sp³-hybridized carbons (Fsp3) is 0.111. The predicted octanol–water partition coefficient (Wildman–Crippen LogP) is 3.37. The van der Waals surface area contributed by atoms with Crippen molar-refractivity contribution in [2.24, 2.45) is 5.10 Å². The first-order valence-corrected chi connectivity index (χ1v) is 8.35. The third-order valence-corrected chi connectivity index (χ3v) is 4.40. The number of anilines is 1. The van der Waals surface area contributed by atoms with Crippen LogP contribution >= 0.6 is 11.3 Å². The summed E-state index contributed by atoms with van der Waals surface area (Å²) >= 11 is 1.39. The van der Waals surface area contributed by atoms with Gasteiger partial charge in [0.25, 0.3) is 5.91 Å². The second-order valence-corrected chi connectivity index (χ2v) is 6.34. The molecule has 1 N–H and O–H groups in total. The lowest BCUT2D eigenvalue weighted by Gasteiger charge is -2.13. The molecule has 3 aromatic rings. The predicted molar refractivity (Wildman–Crippen MR) is 99.5 cm³/mol. The largest absolute Gasteiger partial charge is 0.378 e. The molecule has 0 aliphatic heterocycles. The minimum Gasteiger partial charge on any atom is -0.378 e. The lowest BCUT2D eigenvalue weighted by molar-refractivity contribution is 0.0959. The number of benzene rings is 1. The van der Waals surface area contributed by atoms with Crippen LogP contribution in [0.15, 0.2) is 65.2 Å². The fourth-order valence-electron chi connectivity index (χ4n) is 2.27. The molecule has 0 saturated heterocycles. The zero-order valence-electron chi connectivity index (χ0n) is 13.5. The van der Waals surface area contributed by atoms with Gasteiger partial charge in [-0.2, -0.15) is 5.10 Å². The number of hydrogen-bond acceptors (Lipinski definition) is 4. The van der Waals surface area contributed by atoms with E-state index >= 15 is 0 Å². The van der Waals surface area contributed by atoms with Gasteiger partial charge in [0, 0.05) is 31.7 Å². The summed E-state index contributed by atoms with van der Waals surface area (Å²) in [4.78, 5) is 14.6. The first kappa shape index (κ1) is 16.0. The molecule has 0 spiro atoms. The Morgan fingerprint density at radius 3 is 2.62 bits per heavy atom. The fourth-order valence-corrected chi connectivity index (χ4v) is 2.88. The molecule has 24 heavy (non-hydrogen) atoms. The van der Waals surface area contributed by atoms with Crippen LogP contribution < -0.4 is 10.3 Å². The number of aromatic nitrogens is 1. The number of nitrogens with zero attached hydrogens (tertiary/aromatic N) is 3. The monoisotopic (exact) mass is 338 g/mol. The lowest BCUT2D eigenvalue weighted by Crippen LogP contribution is -2.16. The van der Waals surface area contributed by atoms with Gasteiger partial charge in [-0.25, -0.2) is 5.43 Å². The topological polar surface area (TPSA) is 49.6 Å². The molecule has 122 valence electrons. The Morgan fingerprint density at radius 1 is 1.17 bits per heavy atom. The van der Waals surface area contributed by atoms with E-state index in [1.165, 1.54) is 11.3 Å². The summed E-state index contributed by atoms with van der Waals surface area (Å²) in [5.74, 6) is -0.199. The Morgan fingerprint density at radius 2 is 1.96 bits per heavy atom. The Balaban J connectivity index is 1.73. The molecule has 0 saturated carbocycles. The molecule has 0 aliphatic rings. The minimum absolute atomic E-state index is 0.199. The van der Waals surface area contributed by atoms with Crippen LogP contribution in [0.4, 0.5) is 5.69 Å². The summed E-state index contributed by atoms with van der Waals surface area (Å²) in [6.07, 6.45) is 3.61. The summed E-state index contributed by atoms with van der Waals surface area (Å²) in [6, 6.07) is 15.7. The van der Waals surface area contributed by atoms with Crippen molar-refractivity contribution in [3.63, 3.8) is 0 Å². The maximum atomic E-state index is 11.9. The number of carbonyl (C=O) groups excluding carboxylic acids is 1. The van der Waals surface area contributed by atoms with Crippen molar-refractivity contribution in [1.29, 1.82) is 0 Å². The highest BCUT2D eigenvalue weighted by Crippen LogP contribution is 2.17. The molecule has 0 bridgehead atoms. The molecule has 1 aromatic carbocycles. The highest BCUT2D eigenvalue weighted by molar-refractivity contribution is 7.12. The number of amides is 1. The average Bonchev–Trinajstić information content (AvgIpc) is 3.26. The van der Waals surface area contributed by atoms with Crippen LogP contribution in [-0.2, 0) is 0 Å². The van der Waals surface area contributed by atoms with Crippen LogP contribution in [0.25, 0.3) is 5.69 Å². The van der Waals surface area contributed by atoms with Crippen molar-refractivity contribution in [3.05, 3.63) is 70.7 Å². The molecule has 5 nitrogen and oxygen atoms in total. The molecule has 0 fully saturated rings. The third kappa shape index (κ3) is 3.55. The summed E-state index contributed by atoms with van der Waals surface area (Å²) < 4.78 is 2.01. The first-order chi connectivity index (χ1) is 11.6. The highest BCUT2D eigenvalue weighted by atomic mass is 32.1. The number of carbonyl (C=O) groups is 1. The van der Waals surface area contributed by atoms with Gasteiger partial charge >= 0.3 is 0 Å². The van der Waals surface area contributed by atoms with Gasteiger partial charge in [-0.1, -0.05) is 6.07 Å². The van der Waals surface area contributed by atoms with Crippen molar-refractivity contribution in [1.82, 2.24) is 9.99 Å². The Kier molecular flexibility index (Phi) is 4.77. The molecular formula is C18H18N4OS. The van der Waals surface area contributed by atoms with Gasteiger partial charge in [0.2, 0.25) is 0 Å². The van der Waals surface area contributed by atoms with Gasteiger partial charge in [0.1, 0.15) is 0 Å². The number of hydrazone groups is 1. The zero-order chi connectivity index (χ0) is 16.9. The number of nitrogens with one attached hydrogen (secondary N) is 1. The van der Waals surface area contributed by atoms with Crippen LogP contribution in [-0.4, -0.2) is 30.8 Å². The normalized spacial score (nSPS) is 10.9. The van der Waals surface area contributed by atoms with Crippen LogP contribution in [0.3, 0.4) is 0 Å². The van der Waals surface area contributed by atoms with Crippen LogP contribution in [0, 0.1) is 0 Å². The molecule has 0 aliphatic carbocycles. The molecule has 0 atom stereocenters. The van der Waals surface area contributed by atoms with E-state index in [1.807, 2.05) is 48.4 Å². The van der Waals surface area contributed by atoms with Gasteiger partial charge in [-0.3, -0.25) is 4.79 Å². The second kappa shape index (κ2) is 7.14. The molecule has 6 heteroatoms. The van der Waals surface area contributed by atoms with E-state index < -0.39 is 0 Å². The van der Waals surface area contributed by atoms with E-state index in [4.69, 9.17) is 0 Å². The third-order valence-electron chi connectivity index (χ3n) is 3.53. The average molecular weight is 338 g/mol. The molecule has 2 aromatic heterocycles. The van der Waals surface area contributed by atoms with Gasteiger partial charge < -0.3 is 9.47 Å². The Hall–Kier alpha value is -2.86. The SMILES string of the molecule is CN(C)c1ccc(-n2cccc2/C=N\NC(=O)c2cccs2)cc1. The zero-order valence-corrected chi connectivity index (χ0v) is 14.3. The standard InChI is InChI=1S/C18H18N4OS/c1-21(2)14-7-9-15(10-8-14)22-11-3-5-16(22)13-19-20-18(23)17-6-4-12-24-17/h3-13H,1-2H3,(H,20,23)/b19-13-.